The van der Waals surface area contributed by atoms with Gasteiger partial charge in [0, 0.05) is 19.3 Å². The Morgan fingerprint density at radius 3 is 2.70 bits per heavy atom. The minimum absolute atomic E-state index is 0.130. The van der Waals surface area contributed by atoms with Crippen molar-refractivity contribution >= 4 is 10.9 Å². The molecule has 0 bridgehead atoms. The van der Waals surface area contributed by atoms with Crippen molar-refractivity contribution in [3.8, 4) is 0 Å². The third kappa shape index (κ3) is 2.85. The maximum Gasteiger partial charge on any atom is 0.100 e. The van der Waals surface area contributed by atoms with Gasteiger partial charge in [-0.15, -0.1) is 0 Å². The molecule has 1 rings (SSSR count). The first-order valence-corrected chi connectivity index (χ1v) is 4.95. The quantitative estimate of drug-likeness (QED) is 0.648. The highest BCUT2D eigenvalue weighted by molar-refractivity contribution is 8.19. The Morgan fingerprint density at radius 2 is 2.30 bits per heavy atom. The average molecular weight is 168 g/mol. The van der Waals surface area contributed by atoms with Crippen LogP contribution in [0.25, 0.3) is 0 Å². The molecule has 0 radical (unpaired) electrons. The van der Waals surface area contributed by atoms with Crippen molar-refractivity contribution in [3.05, 3.63) is 0 Å². The second-order valence-corrected chi connectivity index (χ2v) is 4.06. The summed E-state index contributed by atoms with van der Waals surface area (Å²) in [5, 5.41) is 0. The van der Waals surface area contributed by atoms with Crippen molar-refractivity contribution < 1.29 is 18.0 Å². The Hall–Kier alpha value is 0.190. The van der Waals surface area contributed by atoms with Crippen LogP contribution in [0, 0.1) is 0 Å². The van der Waals surface area contributed by atoms with E-state index in [0.29, 0.717) is 13.2 Å². The van der Waals surface area contributed by atoms with Gasteiger partial charge in [-0.1, -0.05) is 0 Å². The summed E-state index contributed by atoms with van der Waals surface area (Å²) >= 11 is 0. The number of hydrogen-bond donors (Lipinski definition) is 2. The number of hydrogen-bond acceptors (Lipinski definition) is 4. The molecule has 62 valence electrons. The summed E-state index contributed by atoms with van der Waals surface area (Å²) in [6, 6.07) is 0. The van der Waals surface area contributed by atoms with E-state index in [9.17, 15) is 0 Å². The molecule has 1 aliphatic rings. The van der Waals surface area contributed by atoms with Gasteiger partial charge in [0.15, 0.2) is 0 Å². The smallest absolute Gasteiger partial charge is 0.100 e. The topological polar surface area (TPSA) is 58.9 Å². The predicted octanol–water partition coefficient (Wildman–Crippen LogP) is 1.09. The fourth-order valence-electron chi connectivity index (χ4n) is 0.847. The molecule has 0 spiro atoms. The molecule has 2 N–H and O–H groups in total. The molecule has 1 saturated heterocycles. The fraction of sp³-hybridized carbons (Fsp3) is 1.00. The molecule has 0 unspecified atom stereocenters. The molecule has 10 heavy (non-hydrogen) atoms. The van der Waals surface area contributed by atoms with E-state index in [1.165, 1.54) is 6.26 Å². The van der Waals surface area contributed by atoms with E-state index in [1.807, 2.05) is 0 Å². The number of rotatable bonds is 2. The van der Waals surface area contributed by atoms with Gasteiger partial charge in [0.25, 0.3) is 0 Å². The van der Waals surface area contributed by atoms with Crippen LogP contribution < -0.4 is 0 Å². The van der Waals surface area contributed by atoms with Crippen LogP contribution in [-0.2, 0) is 8.92 Å². The molecule has 0 amide bonds. The summed E-state index contributed by atoms with van der Waals surface area (Å²) in [4.78, 5) is 0. The molecule has 1 heterocycles. The third-order valence-electron chi connectivity index (χ3n) is 1.21. The van der Waals surface area contributed by atoms with E-state index in [2.05, 4.69) is 0 Å². The zero-order chi connectivity index (χ0) is 7.61. The van der Waals surface area contributed by atoms with Crippen LogP contribution in [0.15, 0.2) is 0 Å². The molecule has 1 atom stereocenters. The summed E-state index contributed by atoms with van der Waals surface area (Å²) < 4.78 is 27.5. The molecular weight excluding hydrogens is 156 g/mol. The lowest BCUT2D eigenvalue weighted by atomic mass is 10.3. The molecule has 1 aliphatic heterocycles. The first-order chi connectivity index (χ1) is 4.58. The summed E-state index contributed by atoms with van der Waals surface area (Å²) in [6.45, 7) is 1.13. The van der Waals surface area contributed by atoms with Gasteiger partial charge in [-0.25, -0.2) is 0 Å². The lowest BCUT2D eigenvalue weighted by molar-refractivity contribution is 0.134. The summed E-state index contributed by atoms with van der Waals surface area (Å²) in [5.74, 6) is 0. The zero-order valence-electron chi connectivity index (χ0n) is 5.82. The summed E-state index contributed by atoms with van der Waals surface area (Å²) in [6.07, 6.45) is 1.89. The Kier molecular flexibility index (Phi) is 2.54. The highest BCUT2D eigenvalue weighted by atomic mass is 32.3. The minimum atomic E-state index is -2.79. The first-order valence-electron chi connectivity index (χ1n) is 3.07. The number of ether oxygens (including phenoxy) is 1. The maximum atomic E-state index is 8.84. The largest absolute Gasteiger partial charge is 0.379 e. The van der Waals surface area contributed by atoms with Crippen LogP contribution in [0.1, 0.15) is 6.42 Å². The Morgan fingerprint density at radius 1 is 1.60 bits per heavy atom. The van der Waals surface area contributed by atoms with Crippen LogP contribution in [-0.4, -0.2) is 34.7 Å². The monoisotopic (exact) mass is 168 g/mol. The molecule has 0 aromatic heterocycles. The van der Waals surface area contributed by atoms with Gasteiger partial charge in [0.05, 0.1) is 17.5 Å². The van der Waals surface area contributed by atoms with Crippen LogP contribution in [0.4, 0.5) is 0 Å². The molecule has 0 aromatic rings. The summed E-state index contributed by atoms with van der Waals surface area (Å²) in [5.41, 5.74) is 0. The zero-order valence-corrected chi connectivity index (χ0v) is 6.63. The molecule has 0 saturated carbocycles. The highest BCUT2D eigenvalue weighted by Gasteiger charge is 2.22. The lowest BCUT2D eigenvalue weighted by Gasteiger charge is -2.24. The van der Waals surface area contributed by atoms with E-state index in [1.54, 1.807) is 0 Å². The molecule has 1 fully saturated rings. The van der Waals surface area contributed by atoms with E-state index in [0.717, 1.165) is 6.42 Å². The van der Waals surface area contributed by atoms with Gasteiger partial charge in [-0.05, 0) is 0 Å². The van der Waals surface area contributed by atoms with Crippen molar-refractivity contribution in [1.29, 1.82) is 0 Å². The average Bonchev–Trinajstić information content (AvgIpc) is 2.12. The predicted molar refractivity (Wildman–Crippen MR) is 39.1 cm³/mol. The van der Waals surface area contributed by atoms with Gasteiger partial charge >= 0.3 is 0 Å². The van der Waals surface area contributed by atoms with E-state index in [-0.39, 0.29) is 6.10 Å². The second kappa shape index (κ2) is 3.06. The van der Waals surface area contributed by atoms with Crippen LogP contribution >= 0.6 is 10.9 Å². The van der Waals surface area contributed by atoms with Crippen LogP contribution in [0.5, 0.6) is 0 Å². The van der Waals surface area contributed by atoms with E-state index < -0.39 is 10.9 Å². The van der Waals surface area contributed by atoms with Gasteiger partial charge in [-0.2, -0.15) is 0 Å². The molecule has 5 heteroatoms. The lowest BCUT2D eigenvalue weighted by Crippen LogP contribution is -2.14. The van der Waals surface area contributed by atoms with Crippen molar-refractivity contribution in [2.45, 2.75) is 12.5 Å². The highest BCUT2D eigenvalue weighted by Crippen LogP contribution is 2.37. The van der Waals surface area contributed by atoms with E-state index >= 15 is 0 Å². The maximum absolute atomic E-state index is 8.84. The molecule has 4 nitrogen and oxygen atoms in total. The van der Waals surface area contributed by atoms with Crippen molar-refractivity contribution in [3.63, 3.8) is 0 Å². The SMILES string of the molecule is CS(O)(O)O[C@@H]1CCOC1. The van der Waals surface area contributed by atoms with Gasteiger partial charge in [0.1, 0.15) is 6.10 Å². The van der Waals surface area contributed by atoms with Gasteiger partial charge in [-0.3, -0.25) is 4.18 Å². The van der Waals surface area contributed by atoms with Crippen LogP contribution in [0.3, 0.4) is 0 Å². The molecular formula is C5H12O4S. The van der Waals surface area contributed by atoms with E-state index in [4.69, 9.17) is 18.0 Å². The van der Waals surface area contributed by atoms with Crippen molar-refractivity contribution in [2.24, 2.45) is 0 Å². The standard InChI is InChI=1S/C5H12O4S/c1-10(6,7)9-5-2-3-8-4-5/h5-7H,2-4H2,1H3/t5-/m1/s1. The normalized spacial score (nSPS) is 28.9. The molecule has 0 aliphatic carbocycles. The first kappa shape index (κ1) is 8.29. The summed E-state index contributed by atoms with van der Waals surface area (Å²) in [7, 11) is -2.79. The molecule has 0 aromatic carbocycles. The van der Waals surface area contributed by atoms with Crippen LogP contribution in [0.2, 0.25) is 0 Å². The Bertz CT molecular complexity index is 105. The van der Waals surface area contributed by atoms with Crippen molar-refractivity contribution in [1.82, 2.24) is 0 Å². The van der Waals surface area contributed by atoms with Crippen molar-refractivity contribution in [2.75, 3.05) is 19.5 Å². The third-order valence-corrected chi connectivity index (χ3v) is 1.84. The fourth-order valence-corrected chi connectivity index (χ4v) is 1.51. The second-order valence-electron chi connectivity index (χ2n) is 2.34. The Balaban J connectivity index is 2.24. The minimum Gasteiger partial charge on any atom is -0.379 e. The Labute approximate surface area is 61.7 Å². The van der Waals surface area contributed by atoms with Gasteiger partial charge in [0.2, 0.25) is 0 Å². The van der Waals surface area contributed by atoms with Gasteiger partial charge < -0.3 is 13.8 Å².